The predicted molar refractivity (Wildman–Crippen MR) is 53.0 cm³/mol. The maximum Gasteiger partial charge on any atom is -0.00475 e. The molecule has 0 aliphatic heterocycles. The van der Waals surface area contributed by atoms with Crippen LogP contribution in [0.15, 0.2) is 11.1 Å². The van der Waals surface area contributed by atoms with Crippen LogP contribution < -0.4 is 0 Å². The van der Waals surface area contributed by atoms with Crippen molar-refractivity contribution in [2.75, 3.05) is 0 Å². The lowest BCUT2D eigenvalue weighted by Gasteiger charge is -2.02. The number of allylic oxidation sites excluding steroid dienone is 2. The molecule has 0 aromatic carbocycles. The summed E-state index contributed by atoms with van der Waals surface area (Å²) in [5, 5.41) is 0. The molecule has 0 nitrogen and oxygen atoms in total. The maximum atomic E-state index is 2.38. The molecule has 12 heavy (non-hydrogen) atoms. The zero-order valence-electron chi connectivity index (χ0n) is 9.21. The van der Waals surface area contributed by atoms with Gasteiger partial charge in [0.2, 0.25) is 0 Å². The average molecular weight is 164 g/mol. The lowest BCUT2D eigenvalue weighted by atomic mass is 10.0. The molecule has 0 aromatic heterocycles. The lowest BCUT2D eigenvalue weighted by molar-refractivity contribution is 0.457. The van der Waals surface area contributed by atoms with Crippen molar-refractivity contribution in [1.82, 2.24) is 0 Å². The number of rotatable bonds is 0. The molecule has 0 heterocycles. The van der Waals surface area contributed by atoms with Gasteiger partial charge in [0.25, 0.3) is 0 Å². The Bertz CT molecular complexity index is 258. The average Bonchev–Trinajstić information content (AvgIpc) is 2.48. The van der Waals surface area contributed by atoms with Gasteiger partial charge in [0.15, 0.2) is 0 Å². The smallest absolute Gasteiger partial charge is 0.00475 e. The van der Waals surface area contributed by atoms with E-state index in [0.717, 1.165) is 0 Å². The van der Waals surface area contributed by atoms with E-state index in [0.29, 0.717) is 16.2 Å². The van der Waals surface area contributed by atoms with Crippen molar-refractivity contribution in [1.29, 1.82) is 0 Å². The molecule has 0 spiro atoms. The first-order valence-electron chi connectivity index (χ1n) is 4.96. The van der Waals surface area contributed by atoms with E-state index >= 15 is 0 Å². The first-order chi connectivity index (χ1) is 5.21. The molecule has 2 aliphatic rings. The summed E-state index contributed by atoms with van der Waals surface area (Å²) in [7, 11) is 0. The Balaban J connectivity index is 2.39. The van der Waals surface area contributed by atoms with Gasteiger partial charge in [0.1, 0.15) is 0 Å². The van der Waals surface area contributed by atoms with Crippen LogP contribution in [0.2, 0.25) is 0 Å². The van der Waals surface area contributed by atoms with Crippen molar-refractivity contribution in [3.63, 3.8) is 0 Å². The molecule has 2 fully saturated rings. The Labute approximate surface area is 76.1 Å². The summed E-state index contributed by atoms with van der Waals surface area (Å²) in [5.74, 6) is 0. The SMILES string of the molecule is CC1(C)CC1=C1C(C)(C)C1(C)C. The standard InChI is InChI=1S/C12H20/c1-10(2)7-8(10)9-11(3,4)12(9,5)6/h7H2,1-6H3. The van der Waals surface area contributed by atoms with E-state index in [4.69, 9.17) is 0 Å². The molecule has 2 rings (SSSR count). The van der Waals surface area contributed by atoms with Crippen LogP contribution in [0.5, 0.6) is 0 Å². The maximum absolute atomic E-state index is 2.38. The molecular formula is C12H20. The van der Waals surface area contributed by atoms with E-state index in [9.17, 15) is 0 Å². The van der Waals surface area contributed by atoms with Gasteiger partial charge in [0, 0.05) is 0 Å². The molecule has 0 radical (unpaired) electrons. The molecular weight excluding hydrogens is 144 g/mol. The van der Waals surface area contributed by atoms with Crippen molar-refractivity contribution in [2.45, 2.75) is 48.0 Å². The molecule has 0 unspecified atom stereocenters. The minimum absolute atomic E-state index is 0.482. The molecule has 0 aromatic rings. The number of hydrogen-bond acceptors (Lipinski definition) is 0. The zero-order chi connectivity index (χ0) is 9.36. The fraction of sp³-hybridized carbons (Fsp3) is 0.833. The first-order valence-corrected chi connectivity index (χ1v) is 4.96. The highest BCUT2D eigenvalue weighted by Crippen LogP contribution is 2.74. The summed E-state index contributed by atoms with van der Waals surface area (Å²) in [6.45, 7) is 14.2. The Morgan fingerprint density at radius 1 is 0.833 bits per heavy atom. The van der Waals surface area contributed by atoms with E-state index in [1.807, 2.05) is 0 Å². The Kier molecular flexibility index (Phi) is 1.16. The van der Waals surface area contributed by atoms with E-state index in [2.05, 4.69) is 41.5 Å². The van der Waals surface area contributed by atoms with Crippen molar-refractivity contribution in [3.05, 3.63) is 11.1 Å². The topological polar surface area (TPSA) is 0 Å². The van der Waals surface area contributed by atoms with Crippen LogP contribution >= 0.6 is 0 Å². The predicted octanol–water partition coefficient (Wildman–Crippen LogP) is 3.78. The van der Waals surface area contributed by atoms with Gasteiger partial charge in [-0.05, 0) is 22.7 Å². The van der Waals surface area contributed by atoms with Crippen LogP contribution in [0.25, 0.3) is 0 Å². The summed E-state index contributed by atoms with van der Waals surface area (Å²) in [6, 6.07) is 0. The van der Waals surface area contributed by atoms with Crippen LogP contribution in [0.3, 0.4) is 0 Å². The van der Waals surface area contributed by atoms with Crippen molar-refractivity contribution >= 4 is 0 Å². The highest BCUT2D eigenvalue weighted by molar-refractivity contribution is 5.53. The lowest BCUT2D eigenvalue weighted by Crippen LogP contribution is -1.95. The van der Waals surface area contributed by atoms with Crippen LogP contribution in [0.4, 0.5) is 0 Å². The molecule has 68 valence electrons. The van der Waals surface area contributed by atoms with Crippen LogP contribution in [0.1, 0.15) is 48.0 Å². The van der Waals surface area contributed by atoms with Gasteiger partial charge in [-0.2, -0.15) is 0 Å². The molecule has 0 amide bonds. The van der Waals surface area contributed by atoms with Gasteiger partial charge < -0.3 is 0 Å². The monoisotopic (exact) mass is 164 g/mol. The summed E-state index contributed by atoms with van der Waals surface area (Å²) in [4.78, 5) is 0. The fourth-order valence-electron chi connectivity index (χ4n) is 2.61. The second-order valence-electron chi connectivity index (χ2n) is 6.16. The molecule has 2 aliphatic carbocycles. The van der Waals surface area contributed by atoms with Gasteiger partial charge >= 0.3 is 0 Å². The van der Waals surface area contributed by atoms with E-state index in [1.54, 1.807) is 11.1 Å². The van der Waals surface area contributed by atoms with E-state index in [-0.39, 0.29) is 0 Å². The third kappa shape index (κ3) is 0.739. The van der Waals surface area contributed by atoms with Crippen LogP contribution in [0, 0.1) is 16.2 Å². The molecule has 0 heteroatoms. The summed E-state index contributed by atoms with van der Waals surface area (Å²) in [6.07, 6.45) is 1.34. The quantitative estimate of drug-likeness (QED) is 0.478. The summed E-state index contributed by atoms with van der Waals surface area (Å²) < 4.78 is 0. The van der Waals surface area contributed by atoms with Crippen molar-refractivity contribution in [3.8, 4) is 0 Å². The molecule has 2 saturated carbocycles. The molecule has 0 atom stereocenters. The van der Waals surface area contributed by atoms with Crippen LogP contribution in [-0.4, -0.2) is 0 Å². The third-order valence-electron chi connectivity index (χ3n) is 4.36. The molecule has 0 N–H and O–H groups in total. The van der Waals surface area contributed by atoms with Gasteiger partial charge in [-0.15, -0.1) is 0 Å². The second kappa shape index (κ2) is 1.66. The highest BCUT2D eigenvalue weighted by Gasteiger charge is 2.64. The molecule has 0 bridgehead atoms. The summed E-state index contributed by atoms with van der Waals surface area (Å²) in [5.41, 5.74) is 5.00. The van der Waals surface area contributed by atoms with Crippen molar-refractivity contribution in [2.24, 2.45) is 16.2 Å². The summed E-state index contributed by atoms with van der Waals surface area (Å²) >= 11 is 0. The Morgan fingerprint density at radius 3 is 1.25 bits per heavy atom. The highest BCUT2D eigenvalue weighted by atomic mass is 14.7. The van der Waals surface area contributed by atoms with Crippen molar-refractivity contribution < 1.29 is 0 Å². The largest absolute Gasteiger partial charge is 0.0630 e. The third-order valence-corrected chi connectivity index (χ3v) is 4.36. The zero-order valence-corrected chi connectivity index (χ0v) is 9.21. The van der Waals surface area contributed by atoms with Gasteiger partial charge in [-0.25, -0.2) is 0 Å². The van der Waals surface area contributed by atoms with E-state index < -0.39 is 0 Å². The number of hydrogen-bond donors (Lipinski definition) is 0. The van der Waals surface area contributed by atoms with Gasteiger partial charge in [0.05, 0.1) is 0 Å². The minimum atomic E-state index is 0.482. The van der Waals surface area contributed by atoms with Gasteiger partial charge in [-0.1, -0.05) is 52.7 Å². The van der Waals surface area contributed by atoms with Gasteiger partial charge in [-0.3, -0.25) is 0 Å². The Morgan fingerprint density at radius 2 is 1.17 bits per heavy atom. The minimum Gasteiger partial charge on any atom is -0.0630 e. The van der Waals surface area contributed by atoms with Crippen LogP contribution in [-0.2, 0) is 0 Å². The van der Waals surface area contributed by atoms with E-state index in [1.165, 1.54) is 6.42 Å². The first kappa shape index (κ1) is 8.34. The Hall–Kier alpha value is -0.260. The fourth-order valence-corrected chi connectivity index (χ4v) is 2.61. The second-order valence-corrected chi connectivity index (χ2v) is 6.16. The molecule has 0 saturated heterocycles. The normalized spacial score (nSPS) is 33.5.